The number of nitrogens with one attached hydrogen (secondary N) is 2. The van der Waals surface area contributed by atoms with E-state index in [1.54, 1.807) is 18.2 Å². The van der Waals surface area contributed by atoms with E-state index in [1.165, 1.54) is 4.90 Å². The number of benzene rings is 1. The lowest BCUT2D eigenvalue weighted by atomic mass is 9.86. The van der Waals surface area contributed by atoms with Gasteiger partial charge in [0.2, 0.25) is 0 Å². The number of amides is 3. The Bertz CT molecular complexity index is 544. The van der Waals surface area contributed by atoms with Crippen molar-refractivity contribution >= 4 is 41.6 Å². The van der Waals surface area contributed by atoms with E-state index in [2.05, 4.69) is 10.6 Å². The summed E-state index contributed by atoms with van der Waals surface area (Å²) in [4.78, 5) is 25.9. The maximum absolute atomic E-state index is 12.2. The molecule has 2 fully saturated rings. The molecule has 0 aromatic heterocycles. The lowest BCUT2D eigenvalue weighted by Gasteiger charge is -2.38. The van der Waals surface area contributed by atoms with E-state index in [1.807, 2.05) is 6.07 Å². The summed E-state index contributed by atoms with van der Waals surface area (Å²) in [6.07, 6.45) is 1.19. The highest BCUT2D eigenvalue weighted by Crippen LogP contribution is 2.38. The number of piperidine rings is 1. The minimum Gasteiger partial charge on any atom is -0.317 e. The Morgan fingerprint density at radius 2 is 1.80 bits per heavy atom. The van der Waals surface area contributed by atoms with Gasteiger partial charge in [-0.05, 0) is 38.1 Å². The Labute approximate surface area is 128 Å². The van der Waals surface area contributed by atoms with Crippen molar-refractivity contribution in [2.75, 3.05) is 18.0 Å². The van der Waals surface area contributed by atoms with E-state index in [0.717, 1.165) is 0 Å². The number of hydrogen-bond acceptors (Lipinski definition) is 3. The summed E-state index contributed by atoms with van der Waals surface area (Å²) < 4.78 is 0. The molecule has 7 heteroatoms. The van der Waals surface area contributed by atoms with Crippen molar-refractivity contribution in [3.63, 3.8) is 0 Å². The van der Waals surface area contributed by atoms with Gasteiger partial charge in [0, 0.05) is 0 Å². The van der Waals surface area contributed by atoms with Crippen LogP contribution in [0.3, 0.4) is 0 Å². The van der Waals surface area contributed by atoms with Crippen molar-refractivity contribution in [1.82, 2.24) is 10.6 Å². The number of imide groups is 1. The largest absolute Gasteiger partial charge is 0.329 e. The van der Waals surface area contributed by atoms with Gasteiger partial charge < -0.3 is 5.32 Å². The number of rotatable bonds is 1. The monoisotopic (exact) mass is 315 g/mol. The third kappa shape index (κ3) is 2.16. The van der Waals surface area contributed by atoms with Gasteiger partial charge in [-0.15, -0.1) is 12.4 Å². The number of urea groups is 1. The van der Waals surface area contributed by atoms with Gasteiger partial charge in [0.15, 0.2) is 0 Å². The second-order valence-corrected chi connectivity index (χ2v) is 5.23. The standard InChI is InChI=1S/C13H14ClN3O2.ClH/c14-9-3-1-2-4-10(9)17-12(19)16-11(18)13(17)5-7-15-8-6-13;/h1-4,15H,5-8H2,(H,16,18,19);1H. The van der Waals surface area contributed by atoms with Gasteiger partial charge in [-0.3, -0.25) is 15.0 Å². The molecule has 1 aromatic rings. The fourth-order valence-electron chi connectivity index (χ4n) is 2.83. The van der Waals surface area contributed by atoms with Crippen LogP contribution in [0.5, 0.6) is 0 Å². The van der Waals surface area contributed by atoms with Crippen LogP contribution in [0.4, 0.5) is 10.5 Å². The summed E-state index contributed by atoms with van der Waals surface area (Å²) in [5.74, 6) is -0.223. The lowest BCUT2D eigenvalue weighted by molar-refractivity contribution is -0.124. The molecular formula is C13H15Cl2N3O2. The molecule has 0 aliphatic carbocycles. The highest BCUT2D eigenvalue weighted by molar-refractivity contribution is 6.34. The molecule has 3 rings (SSSR count). The summed E-state index contributed by atoms with van der Waals surface area (Å²) in [6, 6.07) is 6.72. The quantitative estimate of drug-likeness (QED) is 0.779. The van der Waals surface area contributed by atoms with Crippen LogP contribution in [0.25, 0.3) is 0 Å². The number of nitrogens with zero attached hydrogens (tertiary/aromatic N) is 1. The van der Waals surface area contributed by atoms with Gasteiger partial charge in [0.25, 0.3) is 5.91 Å². The Morgan fingerprint density at radius 3 is 2.45 bits per heavy atom. The van der Waals surface area contributed by atoms with Gasteiger partial charge in [-0.1, -0.05) is 23.7 Å². The lowest BCUT2D eigenvalue weighted by Crippen LogP contribution is -2.56. The number of para-hydroxylation sites is 1. The Morgan fingerprint density at radius 1 is 1.15 bits per heavy atom. The topological polar surface area (TPSA) is 61.4 Å². The molecule has 1 spiro atoms. The molecule has 2 heterocycles. The molecule has 0 saturated carbocycles. The molecule has 3 amide bonds. The van der Waals surface area contributed by atoms with E-state index >= 15 is 0 Å². The fourth-order valence-corrected chi connectivity index (χ4v) is 3.05. The minimum absolute atomic E-state index is 0. The first-order chi connectivity index (χ1) is 9.15. The van der Waals surface area contributed by atoms with Crippen molar-refractivity contribution in [2.24, 2.45) is 0 Å². The molecule has 2 saturated heterocycles. The number of carbonyl (C=O) groups is 2. The molecule has 20 heavy (non-hydrogen) atoms. The molecule has 0 atom stereocenters. The first kappa shape index (κ1) is 15.1. The number of carbonyl (C=O) groups excluding carboxylic acids is 2. The van der Waals surface area contributed by atoms with Crippen molar-refractivity contribution in [2.45, 2.75) is 18.4 Å². The van der Waals surface area contributed by atoms with Crippen molar-refractivity contribution in [3.05, 3.63) is 29.3 Å². The van der Waals surface area contributed by atoms with Crippen LogP contribution < -0.4 is 15.5 Å². The smallest absolute Gasteiger partial charge is 0.317 e. The molecule has 0 radical (unpaired) electrons. The number of hydrogen-bond donors (Lipinski definition) is 2. The maximum Gasteiger partial charge on any atom is 0.329 e. The molecule has 2 aliphatic heterocycles. The maximum atomic E-state index is 12.2. The van der Waals surface area contributed by atoms with Crippen LogP contribution in [-0.2, 0) is 4.79 Å². The molecule has 108 valence electrons. The second-order valence-electron chi connectivity index (χ2n) is 4.83. The van der Waals surface area contributed by atoms with Gasteiger partial charge in [0.1, 0.15) is 5.54 Å². The summed E-state index contributed by atoms with van der Waals surface area (Å²) in [5.41, 5.74) is -0.206. The number of halogens is 2. The predicted octanol–water partition coefficient (Wildman–Crippen LogP) is 1.94. The molecule has 5 nitrogen and oxygen atoms in total. The molecule has 2 N–H and O–H groups in total. The van der Waals surface area contributed by atoms with Crippen LogP contribution in [-0.4, -0.2) is 30.6 Å². The van der Waals surface area contributed by atoms with Crippen LogP contribution in [0, 0.1) is 0 Å². The van der Waals surface area contributed by atoms with Crippen LogP contribution >= 0.6 is 24.0 Å². The Kier molecular flexibility index (Phi) is 4.22. The fraction of sp³-hybridized carbons (Fsp3) is 0.385. The van der Waals surface area contributed by atoms with E-state index in [-0.39, 0.29) is 24.3 Å². The zero-order chi connectivity index (χ0) is 13.5. The molecular weight excluding hydrogens is 301 g/mol. The molecule has 0 bridgehead atoms. The van der Waals surface area contributed by atoms with Gasteiger partial charge >= 0.3 is 6.03 Å². The second kappa shape index (κ2) is 5.60. The van der Waals surface area contributed by atoms with Gasteiger partial charge in [0.05, 0.1) is 10.7 Å². The molecule has 1 aromatic carbocycles. The third-order valence-corrected chi connectivity index (χ3v) is 4.12. The Balaban J connectivity index is 0.00000147. The SMILES string of the molecule is Cl.O=C1NC(=O)C2(CCNCC2)N1c1ccccc1Cl. The highest BCUT2D eigenvalue weighted by atomic mass is 35.5. The first-order valence-corrected chi connectivity index (χ1v) is 6.64. The molecule has 0 unspecified atom stereocenters. The van der Waals surface area contributed by atoms with Crippen LogP contribution in [0.2, 0.25) is 5.02 Å². The summed E-state index contributed by atoms with van der Waals surface area (Å²) in [5, 5.41) is 6.10. The Hall–Kier alpha value is -1.30. The summed E-state index contributed by atoms with van der Waals surface area (Å²) >= 11 is 6.17. The number of anilines is 1. The van der Waals surface area contributed by atoms with Gasteiger partial charge in [-0.25, -0.2) is 4.79 Å². The zero-order valence-electron chi connectivity index (χ0n) is 10.7. The van der Waals surface area contributed by atoms with E-state index in [9.17, 15) is 9.59 Å². The van der Waals surface area contributed by atoms with Gasteiger partial charge in [-0.2, -0.15) is 0 Å². The highest BCUT2D eigenvalue weighted by Gasteiger charge is 2.54. The minimum atomic E-state index is -0.798. The molecule has 2 aliphatic rings. The third-order valence-electron chi connectivity index (χ3n) is 3.80. The van der Waals surface area contributed by atoms with E-state index < -0.39 is 5.54 Å². The van der Waals surface area contributed by atoms with Crippen LogP contribution in [0.15, 0.2) is 24.3 Å². The van der Waals surface area contributed by atoms with Crippen LogP contribution in [0.1, 0.15) is 12.8 Å². The van der Waals surface area contributed by atoms with E-state index in [4.69, 9.17) is 11.6 Å². The predicted molar refractivity (Wildman–Crippen MR) is 79.6 cm³/mol. The summed E-state index contributed by atoms with van der Waals surface area (Å²) in [7, 11) is 0. The average Bonchev–Trinajstić information content (AvgIpc) is 2.63. The van der Waals surface area contributed by atoms with E-state index in [0.29, 0.717) is 36.6 Å². The van der Waals surface area contributed by atoms with Crippen molar-refractivity contribution in [1.29, 1.82) is 0 Å². The van der Waals surface area contributed by atoms with Crippen molar-refractivity contribution < 1.29 is 9.59 Å². The van der Waals surface area contributed by atoms with Crippen molar-refractivity contribution in [3.8, 4) is 0 Å². The summed E-state index contributed by atoms with van der Waals surface area (Å²) in [6.45, 7) is 1.42. The normalized spacial score (nSPS) is 20.8. The average molecular weight is 316 g/mol. The first-order valence-electron chi connectivity index (χ1n) is 6.26. The zero-order valence-corrected chi connectivity index (χ0v) is 12.3.